The van der Waals surface area contributed by atoms with E-state index in [4.69, 9.17) is 44.3 Å². The highest BCUT2D eigenvalue weighted by atomic mass is 35.5. The maximum atomic E-state index is 11.9. The Morgan fingerprint density at radius 1 is 0.829 bits per heavy atom. The minimum Gasteiger partial charge on any atom is -0.478 e. The topological polar surface area (TPSA) is 138 Å². The molecular formula is C21H21Cl3N6O5. The number of nitrogens with zero attached hydrogens (tertiary/aromatic N) is 5. The van der Waals surface area contributed by atoms with Crippen LogP contribution in [0.1, 0.15) is 41.7 Å². The van der Waals surface area contributed by atoms with Crippen molar-refractivity contribution in [2.75, 3.05) is 25.1 Å². The molecule has 3 aromatic heterocycles. The fourth-order valence-corrected chi connectivity index (χ4v) is 2.92. The Hall–Kier alpha value is -3.28. The van der Waals surface area contributed by atoms with Gasteiger partial charge in [-0.05, 0) is 32.9 Å². The lowest BCUT2D eigenvalue weighted by Crippen LogP contribution is -2.12. The van der Waals surface area contributed by atoms with Crippen molar-refractivity contribution >= 4 is 58.2 Å². The highest BCUT2D eigenvalue weighted by Gasteiger charge is 2.17. The van der Waals surface area contributed by atoms with Crippen LogP contribution in [-0.4, -0.2) is 57.1 Å². The normalized spacial score (nSPS) is 10.0. The van der Waals surface area contributed by atoms with Gasteiger partial charge in [0.15, 0.2) is 21.7 Å². The minimum atomic E-state index is -0.600. The average Bonchev–Trinajstić information content (AvgIpc) is 2.80. The average molecular weight is 544 g/mol. The monoisotopic (exact) mass is 542 g/mol. The molecule has 0 spiro atoms. The molecule has 3 heterocycles. The van der Waals surface area contributed by atoms with Crippen molar-refractivity contribution < 1.29 is 23.8 Å². The van der Waals surface area contributed by atoms with Crippen molar-refractivity contribution in [1.82, 2.24) is 25.4 Å². The smallest absolute Gasteiger partial charge is 0.361 e. The van der Waals surface area contributed by atoms with Crippen LogP contribution in [0.2, 0.25) is 15.3 Å². The van der Waals surface area contributed by atoms with Crippen LogP contribution >= 0.6 is 34.8 Å². The summed E-state index contributed by atoms with van der Waals surface area (Å²) >= 11 is 17.0. The van der Waals surface area contributed by atoms with E-state index in [2.05, 4.69) is 35.4 Å². The number of esters is 2. The highest BCUT2D eigenvalue weighted by Crippen LogP contribution is 2.22. The first-order valence-corrected chi connectivity index (χ1v) is 11.3. The summed E-state index contributed by atoms with van der Waals surface area (Å²) in [5, 5.41) is 17.8. The summed E-state index contributed by atoms with van der Waals surface area (Å²) in [5.41, 5.74) is 0.377. The fourth-order valence-electron chi connectivity index (χ4n) is 2.35. The number of nitrogens with one attached hydrogen (secondary N) is 1. The van der Waals surface area contributed by atoms with Gasteiger partial charge in [0.05, 0.1) is 30.5 Å². The van der Waals surface area contributed by atoms with Crippen LogP contribution in [-0.2, 0) is 9.47 Å². The number of pyridine rings is 1. The lowest BCUT2D eigenvalue weighted by Gasteiger charge is -2.10. The van der Waals surface area contributed by atoms with Crippen molar-refractivity contribution in [3.63, 3.8) is 0 Å². The molecule has 0 aliphatic carbocycles. The number of rotatable bonds is 8. The number of hydrogen-bond acceptors (Lipinski definition) is 11. The second-order valence-corrected chi connectivity index (χ2v) is 7.33. The van der Waals surface area contributed by atoms with E-state index in [-0.39, 0.29) is 39.9 Å². The molecule has 0 atom stereocenters. The van der Waals surface area contributed by atoms with Crippen LogP contribution in [0.4, 0.5) is 11.5 Å². The van der Waals surface area contributed by atoms with Gasteiger partial charge in [-0.3, -0.25) is 0 Å². The number of carbonyl (C=O) groups is 2. The van der Waals surface area contributed by atoms with Gasteiger partial charge in [0.1, 0.15) is 5.82 Å². The zero-order chi connectivity index (χ0) is 25.8. The van der Waals surface area contributed by atoms with Crippen LogP contribution in [0.5, 0.6) is 5.88 Å². The second kappa shape index (κ2) is 14.2. The number of aromatic nitrogens is 5. The van der Waals surface area contributed by atoms with E-state index in [9.17, 15) is 9.59 Å². The van der Waals surface area contributed by atoms with Gasteiger partial charge in [0.2, 0.25) is 5.88 Å². The van der Waals surface area contributed by atoms with Gasteiger partial charge in [-0.1, -0.05) is 40.9 Å². The van der Waals surface area contributed by atoms with E-state index in [0.717, 1.165) is 0 Å². The molecule has 0 saturated heterocycles. The van der Waals surface area contributed by atoms with E-state index in [1.165, 1.54) is 12.1 Å². The van der Waals surface area contributed by atoms with E-state index in [1.807, 2.05) is 6.92 Å². The summed E-state index contributed by atoms with van der Waals surface area (Å²) in [6, 6.07) is 8.06. The van der Waals surface area contributed by atoms with E-state index < -0.39 is 11.9 Å². The standard InChI is InChI=1S/C14H15ClN4O3.C7H6Cl2N2O2/c1-3-21-12-7-5-6-11(17-12)16-9-8-10(15)18-19-13(9)14(20)22-4-2;1-2-13-7(12)6-4(8)3-5(9)10-11-6/h5-8H,3-4H2,1-2H3,(H,16,17,18);3H,2H2,1H3. The molecule has 0 radical (unpaired) electrons. The maximum absolute atomic E-state index is 11.9. The lowest BCUT2D eigenvalue weighted by atomic mass is 10.3. The van der Waals surface area contributed by atoms with Crippen molar-refractivity contribution in [3.8, 4) is 5.88 Å². The van der Waals surface area contributed by atoms with Gasteiger partial charge in [0, 0.05) is 12.1 Å². The summed E-state index contributed by atoms with van der Waals surface area (Å²) in [7, 11) is 0. The summed E-state index contributed by atoms with van der Waals surface area (Å²) in [5.74, 6) is -0.231. The van der Waals surface area contributed by atoms with E-state index >= 15 is 0 Å². The predicted molar refractivity (Wildman–Crippen MR) is 130 cm³/mol. The quantitative estimate of drug-likeness (QED) is 0.392. The summed E-state index contributed by atoms with van der Waals surface area (Å²) < 4.78 is 14.9. The molecule has 0 aromatic carbocycles. The van der Waals surface area contributed by atoms with Crippen LogP contribution < -0.4 is 10.1 Å². The Morgan fingerprint density at radius 2 is 1.43 bits per heavy atom. The Balaban J connectivity index is 0.000000283. The maximum Gasteiger partial charge on any atom is 0.361 e. The Morgan fingerprint density at radius 3 is 2.03 bits per heavy atom. The first-order valence-electron chi connectivity index (χ1n) is 10.2. The number of hydrogen-bond donors (Lipinski definition) is 1. The molecule has 0 amide bonds. The lowest BCUT2D eigenvalue weighted by molar-refractivity contribution is 0.0509. The second-order valence-electron chi connectivity index (χ2n) is 6.15. The molecule has 0 fully saturated rings. The van der Waals surface area contributed by atoms with Gasteiger partial charge < -0.3 is 19.5 Å². The molecule has 1 N–H and O–H groups in total. The summed E-state index contributed by atoms with van der Waals surface area (Å²) in [6.07, 6.45) is 0. The zero-order valence-electron chi connectivity index (χ0n) is 18.9. The SMILES string of the molecule is CCOC(=O)c1nnc(Cl)cc1Cl.CCOC(=O)c1nnc(Cl)cc1Nc1cccc(OCC)n1. The molecule has 14 heteroatoms. The first-order chi connectivity index (χ1) is 16.8. The molecule has 0 unspecified atom stereocenters. The molecule has 35 heavy (non-hydrogen) atoms. The first kappa shape index (κ1) is 28.0. The molecule has 3 rings (SSSR count). The number of halogens is 3. The third-order valence-electron chi connectivity index (χ3n) is 3.70. The van der Waals surface area contributed by atoms with E-state index in [0.29, 0.717) is 24.0 Å². The zero-order valence-corrected chi connectivity index (χ0v) is 21.2. The Labute approximate surface area is 216 Å². The van der Waals surface area contributed by atoms with Crippen molar-refractivity contribution in [2.45, 2.75) is 20.8 Å². The van der Waals surface area contributed by atoms with Gasteiger partial charge in [-0.15, -0.1) is 20.4 Å². The van der Waals surface area contributed by atoms with Crippen molar-refractivity contribution in [3.05, 3.63) is 57.0 Å². The number of ether oxygens (including phenoxy) is 3. The van der Waals surface area contributed by atoms with Crippen LogP contribution in [0.15, 0.2) is 30.3 Å². The largest absolute Gasteiger partial charge is 0.478 e. The molecule has 0 aliphatic rings. The molecule has 3 aromatic rings. The van der Waals surface area contributed by atoms with Gasteiger partial charge in [-0.2, -0.15) is 4.98 Å². The van der Waals surface area contributed by atoms with Crippen LogP contribution in [0, 0.1) is 0 Å². The number of anilines is 2. The van der Waals surface area contributed by atoms with Crippen molar-refractivity contribution in [2.24, 2.45) is 0 Å². The molecule has 0 bridgehead atoms. The Bertz CT molecular complexity index is 1170. The predicted octanol–water partition coefficient (Wildman–Crippen LogP) is 4.80. The van der Waals surface area contributed by atoms with Crippen LogP contribution in [0.3, 0.4) is 0 Å². The molecule has 0 aliphatic heterocycles. The molecule has 0 saturated carbocycles. The highest BCUT2D eigenvalue weighted by molar-refractivity contribution is 6.35. The minimum absolute atomic E-state index is 0.0204. The third-order valence-corrected chi connectivity index (χ3v) is 4.36. The van der Waals surface area contributed by atoms with Crippen molar-refractivity contribution in [1.29, 1.82) is 0 Å². The fraction of sp³-hybridized carbons (Fsp3) is 0.286. The summed E-state index contributed by atoms with van der Waals surface area (Å²) in [6.45, 7) is 6.27. The molecular weight excluding hydrogens is 523 g/mol. The molecule has 186 valence electrons. The van der Waals surface area contributed by atoms with E-state index in [1.54, 1.807) is 32.0 Å². The molecule has 11 nitrogen and oxygen atoms in total. The third kappa shape index (κ3) is 8.78. The van der Waals surface area contributed by atoms with Gasteiger partial charge >= 0.3 is 11.9 Å². The Kier molecular flexibility index (Phi) is 11.3. The number of carbonyl (C=O) groups excluding carboxylic acids is 2. The summed E-state index contributed by atoms with van der Waals surface area (Å²) in [4.78, 5) is 27.3. The van der Waals surface area contributed by atoms with Gasteiger partial charge in [-0.25, -0.2) is 9.59 Å². The van der Waals surface area contributed by atoms with Gasteiger partial charge in [0.25, 0.3) is 0 Å². The van der Waals surface area contributed by atoms with Crippen LogP contribution in [0.25, 0.3) is 0 Å².